The quantitative estimate of drug-likeness (QED) is 0.0931. The molecule has 2 aromatic carbocycles. The monoisotopic (exact) mass is 713 g/mol. The van der Waals surface area contributed by atoms with Gasteiger partial charge in [-0.2, -0.15) is 23.3 Å². The second kappa shape index (κ2) is 14.4. The summed E-state index contributed by atoms with van der Waals surface area (Å²) >= 11 is 0. The van der Waals surface area contributed by atoms with E-state index in [-0.39, 0.29) is 49.0 Å². The van der Waals surface area contributed by atoms with Crippen molar-refractivity contribution in [3.63, 3.8) is 0 Å². The van der Waals surface area contributed by atoms with Crippen molar-refractivity contribution in [1.82, 2.24) is 24.3 Å². The number of fused-ring (bicyclic) bond motifs is 1. The standard InChI is InChI=1S/C34H39F3N7O5P/c1-4-48-50(47,49-5-2)20-21-6-8-23(9-7-21)40-33-38-17-28(34(35,36)37)31(42-33)41-29-15-14-26(27-19-43(3)32(46)30(27)29)22-16-39-44(18-22)24-10-12-25(45)13-11-24/h6-9,14-19,24-25,45-46H,4-5,10-13,20H2,1-3H3,(H2,38,40,41,42). The van der Waals surface area contributed by atoms with Crippen LogP contribution >= 0.6 is 7.60 Å². The van der Waals surface area contributed by atoms with E-state index in [1.165, 1.54) is 4.57 Å². The average molecular weight is 714 g/mol. The molecule has 12 nitrogen and oxygen atoms in total. The first kappa shape index (κ1) is 35.4. The maximum absolute atomic E-state index is 14.2. The molecule has 0 bridgehead atoms. The number of aromatic nitrogens is 5. The minimum atomic E-state index is -4.78. The molecule has 5 aromatic rings. The number of benzene rings is 2. The van der Waals surface area contributed by atoms with Gasteiger partial charge in [-0.15, -0.1) is 0 Å². The lowest BCUT2D eigenvalue weighted by Crippen LogP contribution is -2.21. The zero-order valence-corrected chi connectivity index (χ0v) is 28.7. The van der Waals surface area contributed by atoms with Crippen LogP contribution in [0.1, 0.15) is 56.7 Å². The second-order valence-corrected chi connectivity index (χ2v) is 14.2. The Morgan fingerprint density at radius 1 is 0.980 bits per heavy atom. The minimum Gasteiger partial charge on any atom is -0.494 e. The van der Waals surface area contributed by atoms with Crippen LogP contribution in [-0.4, -0.2) is 53.8 Å². The fourth-order valence-electron chi connectivity index (χ4n) is 6.22. The zero-order chi connectivity index (χ0) is 35.6. The Morgan fingerprint density at radius 3 is 2.34 bits per heavy atom. The Morgan fingerprint density at radius 2 is 1.68 bits per heavy atom. The highest BCUT2D eigenvalue weighted by Gasteiger charge is 2.36. The summed E-state index contributed by atoms with van der Waals surface area (Å²) in [5, 5.41) is 32.2. The number of aliphatic hydroxyl groups is 1. The number of halogens is 3. The van der Waals surface area contributed by atoms with Gasteiger partial charge in [-0.25, -0.2) is 4.98 Å². The lowest BCUT2D eigenvalue weighted by molar-refractivity contribution is -0.137. The summed E-state index contributed by atoms with van der Waals surface area (Å²) in [4.78, 5) is 8.10. The van der Waals surface area contributed by atoms with Gasteiger partial charge >= 0.3 is 13.8 Å². The first-order valence-corrected chi connectivity index (χ1v) is 18.1. The first-order chi connectivity index (χ1) is 23.9. The van der Waals surface area contributed by atoms with E-state index >= 15 is 0 Å². The number of aliphatic hydroxyl groups excluding tert-OH is 1. The lowest BCUT2D eigenvalue weighted by atomic mass is 9.93. The molecule has 0 aliphatic heterocycles. The molecule has 0 atom stereocenters. The number of aryl methyl sites for hydroxylation is 1. The Kier molecular flexibility index (Phi) is 10.2. The molecule has 3 heterocycles. The fourth-order valence-corrected chi connectivity index (χ4v) is 7.92. The number of hydrogen-bond acceptors (Lipinski definition) is 10. The molecule has 0 amide bonds. The van der Waals surface area contributed by atoms with Crippen molar-refractivity contribution in [3.8, 4) is 17.0 Å². The highest BCUT2D eigenvalue weighted by atomic mass is 31.2. The number of rotatable bonds is 12. The summed E-state index contributed by atoms with van der Waals surface area (Å²) in [7, 11) is -1.68. The van der Waals surface area contributed by atoms with E-state index < -0.39 is 25.2 Å². The molecular weight excluding hydrogens is 674 g/mol. The number of hydrogen-bond donors (Lipinski definition) is 4. The Balaban J connectivity index is 1.28. The van der Waals surface area contributed by atoms with E-state index in [1.807, 2.05) is 10.9 Å². The molecule has 1 fully saturated rings. The van der Waals surface area contributed by atoms with E-state index in [9.17, 15) is 27.9 Å². The van der Waals surface area contributed by atoms with Gasteiger partial charge in [-0.05, 0) is 68.9 Å². The molecule has 6 rings (SSSR count). The third-order valence-corrected chi connectivity index (χ3v) is 10.7. The summed E-state index contributed by atoms with van der Waals surface area (Å²) < 4.78 is 69.6. The van der Waals surface area contributed by atoms with Gasteiger partial charge in [0.2, 0.25) is 11.8 Å². The number of alkyl halides is 3. The predicted octanol–water partition coefficient (Wildman–Crippen LogP) is 8.29. The van der Waals surface area contributed by atoms with Gasteiger partial charge in [0.15, 0.2) is 0 Å². The van der Waals surface area contributed by atoms with Gasteiger partial charge in [-0.1, -0.05) is 18.2 Å². The smallest absolute Gasteiger partial charge is 0.421 e. The summed E-state index contributed by atoms with van der Waals surface area (Å²) in [6, 6.07) is 10.3. The van der Waals surface area contributed by atoms with Gasteiger partial charge in [0.1, 0.15) is 11.4 Å². The van der Waals surface area contributed by atoms with Gasteiger partial charge in [0.25, 0.3) is 0 Å². The largest absolute Gasteiger partial charge is 0.494 e. The number of anilines is 4. The van der Waals surface area contributed by atoms with Crippen LogP contribution in [0.25, 0.3) is 21.9 Å². The van der Waals surface area contributed by atoms with Crippen LogP contribution < -0.4 is 10.6 Å². The fraction of sp³-hybridized carbons (Fsp3) is 0.382. The van der Waals surface area contributed by atoms with Crippen LogP contribution in [-0.2, 0) is 33.0 Å². The van der Waals surface area contributed by atoms with Crippen LogP contribution in [0.5, 0.6) is 5.88 Å². The Hall–Kier alpha value is -4.43. The van der Waals surface area contributed by atoms with Crippen molar-refractivity contribution in [2.45, 2.75) is 64.0 Å². The van der Waals surface area contributed by atoms with Gasteiger partial charge in [-0.3, -0.25) is 9.25 Å². The average Bonchev–Trinajstić information content (AvgIpc) is 3.67. The third kappa shape index (κ3) is 7.65. The summed E-state index contributed by atoms with van der Waals surface area (Å²) in [5.74, 6) is -0.752. The van der Waals surface area contributed by atoms with Crippen molar-refractivity contribution in [2.24, 2.45) is 7.05 Å². The molecule has 0 unspecified atom stereocenters. The Labute approximate surface area is 286 Å². The maximum Gasteiger partial charge on any atom is 0.421 e. The van der Waals surface area contributed by atoms with E-state index in [1.54, 1.807) is 69.7 Å². The molecule has 3 aromatic heterocycles. The highest BCUT2D eigenvalue weighted by Crippen LogP contribution is 2.51. The topological polar surface area (TPSA) is 149 Å². The molecule has 0 saturated heterocycles. The minimum absolute atomic E-state index is 0.0628. The van der Waals surface area contributed by atoms with E-state index in [2.05, 4.69) is 25.7 Å². The SMILES string of the molecule is CCOP(=O)(Cc1ccc(Nc2ncc(C(F)(F)F)c(Nc3ccc(-c4cnn(C5CCC(O)CC5)c4)c4cn(C)c(O)c34)n2)cc1)OCC. The van der Waals surface area contributed by atoms with Crippen LogP contribution in [0.3, 0.4) is 0 Å². The van der Waals surface area contributed by atoms with Crippen LogP contribution in [0, 0.1) is 0 Å². The Bertz CT molecular complexity index is 2000. The molecule has 0 spiro atoms. The maximum atomic E-state index is 14.2. The highest BCUT2D eigenvalue weighted by molar-refractivity contribution is 7.53. The number of aromatic hydroxyl groups is 1. The zero-order valence-electron chi connectivity index (χ0n) is 27.8. The van der Waals surface area contributed by atoms with E-state index in [0.29, 0.717) is 41.1 Å². The summed E-state index contributed by atoms with van der Waals surface area (Å²) in [6.45, 7) is 3.93. The second-order valence-electron chi connectivity index (χ2n) is 12.2. The normalized spacial score (nSPS) is 16.9. The summed E-state index contributed by atoms with van der Waals surface area (Å²) in [5.41, 5.74) is 1.82. The van der Waals surface area contributed by atoms with E-state index in [0.717, 1.165) is 24.0 Å². The predicted molar refractivity (Wildman–Crippen MR) is 184 cm³/mol. The molecule has 1 aliphatic carbocycles. The lowest BCUT2D eigenvalue weighted by Gasteiger charge is -2.25. The summed E-state index contributed by atoms with van der Waals surface area (Å²) in [6.07, 6.45) is 4.07. The first-order valence-electron chi connectivity index (χ1n) is 16.4. The van der Waals surface area contributed by atoms with Crippen LogP contribution in [0.15, 0.2) is 61.2 Å². The van der Waals surface area contributed by atoms with Gasteiger partial charge in [0, 0.05) is 42.3 Å². The molecular formula is C34H39F3N7O5P. The van der Waals surface area contributed by atoms with Gasteiger partial charge < -0.3 is 34.5 Å². The van der Waals surface area contributed by atoms with Crippen molar-refractivity contribution in [3.05, 3.63) is 72.3 Å². The molecule has 1 aliphatic rings. The van der Waals surface area contributed by atoms with Crippen molar-refractivity contribution >= 4 is 41.5 Å². The molecule has 0 radical (unpaired) electrons. The van der Waals surface area contributed by atoms with Gasteiger partial charge in [0.05, 0.1) is 48.8 Å². The number of nitrogens with one attached hydrogen (secondary N) is 2. The van der Waals surface area contributed by atoms with Crippen LogP contribution in [0.2, 0.25) is 0 Å². The molecule has 1 saturated carbocycles. The third-order valence-electron chi connectivity index (χ3n) is 8.66. The van der Waals surface area contributed by atoms with Crippen molar-refractivity contribution in [2.75, 3.05) is 23.8 Å². The van der Waals surface area contributed by atoms with Crippen molar-refractivity contribution < 1.29 is 37.0 Å². The molecule has 50 heavy (non-hydrogen) atoms. The van der Waals surface area contributed by atoms with Crippen LogP contribution in [0.4, 0.5) is 36.3 Å². The molecule has 266 valence electrons. The van der Waals surface area contributed by atoms with Crippen molar-refractivity contribution in [1.29, 1.82) is 0 Å². The number of nitrogens with zero attached hydrogens (tertiary/aromatic N) is 5. The van der Waals surface area contributed by atoms with E-state index in [4.69, 9.17) is 9.05 Å². The molecule has 16 heteroatoms. The molecule has 4 N–H and O–H groups in total.